The second kappa shape index (κ2) is 11.6. The molecule has 0 saturated heterocycles. The van der Waals surface area contributed by atoms with Gasteiger partial charge < -0.3 is 19.2 Å². The summed E-state index contributed by atoms with van der Waals surface area (Å²) in [7, 11) is 0. The summed E-state index contributed by atoms with van der Waals surface area (Å²) in [5.41, 5.74) is 3.89. The van der Waals surface area contributed by atoms with E-state index in [9.17, 15) is 9.59 Å². The molecule has 0 atom stereocenters. The number of hydrogen-bond donors (Lipinski definition) is 0. The Balaban J connectivity index is 1.73. The van der Waals surface area contributed by atoms with E-state index in [1.807, 2.05) is 39.0 Å². The fourth-order valence-corrected chi connectivity index (χ4v) is 4.10. The molecule has 3 rings (SSSR count). The third-order valence-electron chi connectivity index (χ3n) is 5.59. The molecule has 1 aliphatic heterocycles. The highest BCUT2D eigenvalue weighted by atomic mass is 35.5. The molecule has 5 nitrogen and oxygen atoms in total. The fourth-order valence-electron chi connectivity index (χ4n) is 3.89. The topological polar surface area (TPSA) is 55.8 Å². The summed E-state index contributed by atoms with van der Waals surface area (Å²) in [6.45, 7) is 7.40. The molecule has 0 bridgehead atoms. The number of aryl methyl sites for hydroxylation is 1. The van der Waals surface area contributed by atoms with Crippen molar-refractivity contribution in [2.75, 3.05) is 19.7 Å². The van der Waals surface area contributed by atoms with E-state index >= 15 is 0 Å². The number of amides is 1. The van der Waals surface area contributed by atoms with Gasteiger partial charge in [0.1, 0.15) is 17.6 Å². The SMILES string of the molecule is CC(C)(C)OC(=O)N(CCCCC=O)CCc1cc(-c2ccc3c(c2)CCCO3)ccc1Cl. The summed E-state index contributed by atoms with van der Waals surface area (Å²) in [5, 5.41) is 0.685. The van der Waals surface area contributed by atoms with Crippen LogP contribution in [0.5, 0.6) is 5.75 Å². The highest BCUT2D eigenvalue weighted by Crippen LogP contribution is 2.32. The van der Waals surface area contributed by atoms with Crippen molar-refractivity contribution < 1.29 is 19.1 Å². The predicted molar refractivity (Wildman–Crippen MR) is 132 cm³/mol. The molecule has 1 amide bonds. The molecule has 1 heterocycles. The van der Waals surface area contributed by atoms with E-state index in [2.05, 4.69) is 18.2 Å². The largest absolute Gasteiger partial charge is 0.493 e. The Kier molecular flexibility index (Phi) is 8.79. The van der Waals surface area contributed by atoms with Crippen molar-refractivity contribution in [1.82, 2.24) is 4.90 Å². The lowest BCUT2D eigenvalue weighted by atomic mass is 9.97. The number of ether oxygens (including phenoxy) is 2. The van der Waals surface area contributed by atoms with Crippen molar-refractivity contribution in [1.29, 1.82) is 0 Å². The number of nitrogens with zero attached hydrogens (tertiary/aromatic N) is 1. The first-order valence-electron chi connectivity index (χ1n) is 11.7. The lowest BCUT2D eigenvalue weighted by Crippen LogP contribution is -2.38. The Morgan fingerprint density at radius 3 is 2.64 bits per heavy atom. The van der Waals surface area contributed by atoms with Crippen molar-refractivity contribution >= 4 is 24.0 Å². The molecule has 178 valence electrons. The Morgan fingerprint density at radius 1 is 1.12 bits per heavy atom. The summed E-state index contributed by atoms with van der Waals surface area (Å²) in [6, 6.07) is 12.4. The van der Waals surface area contributed by atoms with Crippen LogP contribution in [-0.2, 0) is 22.4 Å². The monoisotopic (exact) mass is 471 g/mol. The summed E-state index contributed by atoms with van der Waals surface area (Å²) >= 11 is 6.52. The quantitative estimate of drug-likeness (QED) is 0.310. The van der Waals surface area contributed by atoms with Gasteiger partial charge in [-0.3, -0.25) is 0 Å². The summed E-state index contributed by atoms with van der Waals surface area (Å²) in [5.74, 6) is 0.974. The van der Waals surface area contributed by atoms with Crippen LogP contribution in [0.25, 0.3) is 11.1 Å². The first-order chi connectivity index (χ1) is 15.8. The van der Waals surface area contributed by atoms with E-state index in [1.165, 1.54) is 5.56 Å². The van der Waals surface area contributed by atoms with E-state index in [0.717, 1.165) is 61.0 Å². The third-order valence-corrected chi connectivity index (χ3v) is 5.96. The lowest BCUT2D eigenvalue weighted by molar-refractivity contribution is -0.107. The van der Waals surface area contributed by atoms with Crippen molar-refractivity contribution in [2.24, 2.45) is 0 Å². The normalized spacial score (nSPS) is 13.1. The zero-order valence-corrected chi connectivity index (χ0v) is 20.6. The van der Waals surface area contributed by atoms with Crippen LogP contribution in [0.1, 0.15) is 57.6 Å². The van der Waals surface area contributed by atoms with Gasteiger partial charge in [-0.05, 0) is 99.4 Å². The molecule has 0 N–H and O–H groups in total. The number of unbranched alkanes of at least 4 members (excludes halogenated alkanes) is 2. The first-order valence-corrected chi connectivity index (χ1v) is 12.1. The minimum absolute atomic E-state index is 0.337. The molecule has 0 radical (unpaired) electrons. The maximum absolute atomic E-state index is 12.7. The van der Waals surface area contributed by atoms with E-state index in [4.69, 9.17) is 21.1 Å². The molecule has 2 aromatic rings. The van der Waals surface area contributed by atoms with Gasteiger partial charge in [0.25, 0.3) is 0 Å². The van der Waals surface area contributed by atoms with Gasteiger partial charge >= 0.3 is 6.09 Å². The molecule has 0 unspecified atom stereocenters. The molecule has 0 aliphatic carbocycles. The Bertz CT molecular complexity index is 967. The molecule has 1 aliphatic rings. The molecular formula is C27H34ClNO4. The van der Waals surface area contributed by atoms with Crippen LogP contribution in [-0.4, -0.2) is 42.6 Å². The van der Waals surface area contributed by atoms with Gasteiger partial charge in [-0.1, -0.05) is 23.7 Å². The van der Waals surface area contributed by atoms with Gasteiger partial charge in [0.15, 0.2) is 0 Å². The predicted octanol–water partition coefficient (Wildman–Crippen LogP) is 6.48. The smallest absolute Gasteiger partial charge is 0.410 e. The van der Waals surface area contributed by atoms with Crippen molar-refractivity contribution in [3.8, 4) is 16.9 Å². The highest BCUT2D eigenvalue weighted by Gasteiger charge is 2.22. The minimum Gasteiger partial charge on any atom is -0.493 e. The molecule has 0 aromatic heterocycles. The van der Waals surface area contributed by atoms with Crippen LogP contribution < -0.4 is 4.74 Å². The number of fused-ring (bicyclic) bond motifs is 1. The second-order valence-corrected chi connectivity index (χ2v) is 9.87. The first kappa shape index (κ1) is 25.1. The summed E-state index contributed by atoms with van der Waals surface area (Å²) in [6.07, 6.45) is 5.26. The van der Waals surface area contributed by atoms with Crippen LogP contribution in [0.4, 0.5) is 4.79 Å². The molecule has 6 heteroatoms. The molecule has 2 aromatic carbocycles. The van der Waals surface area contributed by atoms with Crippen LogP contribution >= 0.6 is 11.6 Å². The van der Waals surface area contributed by atoms with Crippen molar-refractivity contribution in [2.45, 2.75) is 64.9 Å². The van der Waals surface area contributed by atoms with Gasteiger partial charge in [0.2, 0.25) is 0 Å². The van der Waals surface area contributed by atoms with Crippen LogP contribution in [0.2, 0.25) is 5.02 Å². The number of rotatable bonds is 9. The van der Waals surface area contributed by atoms with Gasteiger partial charge in [0, 0.05) is 24.5 Å². The average molecular weight is 472 g/mol. The zero-order valence-electron chi connectivity index (χ0n) is 19.9. The third kappa shape index (κ3) is 7.50. The van der Waals surface area contributed by atoms with Crippen LogP contribution in [0, 0.1) is 0 Å². The van der Waals surface area contributed by atoms with E-state index in [0.29, 0.717) is 31.0 Å². The molecule has 0 fully saturated rings. The number of benzene rings is 2. The molecule has 0 spiro atoms. The fraction of sp³-hybridized carbons (Fsp3) is 0.481. The number of carbonyl (C=O) groups is 2. The average Bonchev–Trinajstić information content (AvgIpc) is 2.78. The molecule has 33 heavy (non-hydrogen) atoms. The van der Waals surface area contributed by atoms with Crippen molar-refractivity contribution in [3.05, 3.63) is 52.5 Å². The number of aldehydes is 1. The highest BCUT2D eigenvalue weighted by molar-refractivity contribution is 6.31. The Hall–Kier alpha value is -2.53. The summed E-state index contributed by atoms with van der Waals surface area (Å²) < 4.78 is 11.3. The van der Waals surface area contributed by atoms with Gasteiger partial charge in [-0.2, -0.15) is 0 Å². The maximum Gasteiger partial charge on any atom is 0.410 e. The van der Waals surface area contributed by atoms with E-state index in [1.54, 1.807) is 4.90 Å². The van der Waals surface area contributed by atoms with Gasteiger partial charge in [0.05, 0.1) is 6.61 Å². The second-order valence-electron chi connectivity index (χ2n) is 9.46. The van der Waals surface area contributed by atoms with E-state index < -0.39 is 5.60 Å². The zero-order chi connectivity index (χ0) is 23.8. The Morgan fingerprint density at radius 2 is 1.88 bits per heavy atom. The number of carbonyl (C=O) groups excluding carboxylic acids is 2. The lowest BCUT2D eigenvalue weighted by Gasteiger charge is -2.27. The standard InChI is InChI=1S/C27H34ClNO4/c1-27(2,3)33-26(31)29(14-5-4-6-16-30)15-13-22-18-20(9-11-24(22)28)21-10-12-25-23(19-21)8-7-17-32-25/h9-12,16,18-19H,4-8,13-15,17H2,1-3H3. The maximum atomic E-state index is 12.7. The van der Waals surface area contributed by atoms with Gasteiger partial charge in [-0.25, -0.2) is 4.79 Å². The van der Waals surface area contributed by atoms with Crippen molar-refractivity contribution in [3.63, 3.8) is 0 Å². The molecule has 0 saturated carbocycles. The molecular weight excluding hydrogens is 438 g/mol. The summed E-state index contributed by atoms with van der Waals surface area (Å²) in [4.78, 5) is 25.1. The van der Waals surface area contributed by atoms with Gasteiger partial charge in [-0.15, -0.1) is 0 Å². The minimum atomic E-state index is -0.564. The van der Waals surface area contributed by atoms with Crippen LogP contribution in [0.3, 0.4) is 0 Å². The number of halogens is 1. The Labute approximate surface area is 202 Å². The number of hydrogen-bond acceptors (Lipinski definition) is 4. The van der Waals surface area contributed by atoms with E-state index in [-0.39, 0.29) is 6.09 Å². The van der Waals surface area contributed by atoms with Crippen LogP contribution in [0.15, 0.2) is 36.4 Å².